The number of nitrogens with one attached hydrogen (secondary N) is 1. The fourth-order valence-electron chi connectivity index (χ4n) is 8.71. The fourth-order valence-corrected chi connectivity index (χ4v) is 8.71. The Hall–Kier alpha value is -2.73. The van der Waals surface area contributed by atoms with Crippen LogP contribution in [0.25, 0.3) is 11.2 Å². The van der Waals surface area contributed by atoms with Crippen LogP contribution in [0.2, 0.25) is 0 Å². The molecule has 3 aliphatic heterocycles. The second kappa shape index (κ2) is 11.0. The van der Waals surface area contributed by atoms with Crippen LogP contribution in [0.3, 0.4) is 0 Å². The summed E-state index contributed by atoms with van der Waals surface area (Å²) in [5.41, 5.74) is 4.32. The van der Waals surface area contributed by atoms with E-state index in [0.717, 1.165) is 53.2 Å². The molecule has 1 spiro atoms. The van der Waals surface area contributed by atoms with Crippen molar-refractivity contribution in [3.63, 3.8) is 0 Å². The van der Waals surface area contributed by atoms with Crippen LogP contribution in [0, 0.1) is 5.92 Å². The van der Waals surface area contributed by atoms with Gasteiger partial charge in [-0.25, -0.2) is 18.7 Å². The number of benzene rings is 1. The van der Waals surface area contributed by atoms with Crippen molar-refractivity contribution in [2.75, 3.05) is 39.9 Å². The molecule has 11 heteroatoms. The highest BCUT2D eigenvalue weighted by molar-refractivity contribution is 5.58. The molecule has 1 unspecified atom stereocenters. The van der Waals surface area contributed by atoms with E-state index in [4.69, 9.17) is 0 Å². The van der Waals surface area contributed by atoms with Gasteiger partial charge in [0, 0.05) is 37.4 Å². The van der Waals surface area contributed by atoms with E-state index < -0.39 is 23.6 Å². The molecule has 3 aromatic rings. The Labute approximate surface area is 255 Å². The summed E-state index contributed by atoms with van der Waals surface area (Å²) in [5.74, 6) is 0.558. The zero-order valence-electron chi connectivity index (χ0n) is 25.6. The second-order valence-corrected chi connectivity index (χ2v) is 14.1. The Bertz CT molecular complexity index is 1580. The summed E-state index contributed by atoms with van der Waals surface area (Å²) in [6, 6.07) is 8.95. The van der Waals surface area contributed by atoms with Gasteiger partial charge in [-0.15, -0.1) is 5.43 Å². The van der Waals surface area contributed by atoms with Crippen LogP contribution in [0.15, 0.2) is 47.5 Å². The van der Waals surface area contributed by atoms with Gasteiger partial charge in [0.05, 0.1) is 29.9 Å². The van der Waals surface area contributed by atoms with E-state index >= 15 is 0 Å². The van der Waals surface area contributed by atoms with Crippen molar-refractivity contribution in [1.82, 2.24) is 24.2 Å². The van der Waals surface area contributed by atoms with Crippen LogP contribution in [0.5, 0.6) is 0 Å². The number of imidazole rings is 1. The van der Waals surface area contributed by atoms with E-state index in [1.165, 1.54) is 42.6 Å². The fraction of sp³-hybridized carbons (Fsp3) is 0.606. The highest BCUT2D eigenvalue weighted by Crippen LogP contribution is 2.52. The number of hydrogen-bond acceptors (Lipinski definition) is 4. The van der Waals surface area contributed by atoms with Crippen molar-refractivity contribution < 1.29 is 22.2 Å². The highest BCUT2D eigenvalue weighted by Gasteiger charge is 2.57. The first-order valence-electron chi connectivity index (χ1n) is 16.1. The molecule has 1 aromatic carbocycles. The number of hydrogen-bond donors (Lipinski definition) is 1. The normalized spacial score (nSPS) is 29.8. The number of likely N-dealkylation sites (tertiary alicyclic amines) is 1. The zero-order chi connectivity index (χ0) is 30.9. The van der Waals surface area contributed by atoms with Gasteiger partial charge in [0.1, 0.15) is 12.3 Å². The van der Waals surface area contributed by atoms with E-state index in [1.54, 1.807) is 11.0 Å². The molecule has 1 saturated carbocycles. The molecule has 7 nitrogen and oxygen atoms in total. The first-order valence-corrected chi connectivity index (χ1v) is 16.1. The molecule has 5 heterocycles. The lowest BCUT2D eigenvalue weighted by Crippen LogP contribution is -2.62. The summed E-state index contributed by atoms with van der Waals surface area (Å²) < 4.78 is 60.0. The van der Waals surface area contributed by atoms with Crippen LogP contribution in [-0.4, -0.2) is 75.6 Å². The van der Waals surface area contributed by atoms with Crippen molar-refractivity contribution in [2.24, 2.45) is 5.92 Å². The lowest BCUT2D eigenvalue weighted by molar-refractivity contribution is -0.962. The Morgan fingerprint density at radius 3 is 2.48 bits per heavy atom. The predicted octanol–water partition coefficient (Wildman–Crippen LogP) is 5.44. The average molecular weight is 616 g/mol. The van der Waals surface area contributed by atoms with Crippen molar-refractivity contribution in [2.45, 2.75) is 82.3 Å². The molecule has 0 bridgehead atoms. The Balaban J connectivity index is 1.26. The lowest BCUT2D eigenvalue weighted by Gasteiger charge is -2.51. The van der Waals surface area contributed by atoms with E-state index in [2.05, 4.69) is 30.4 Å². The van der Waals surface area contributed by atoms with Gasteiger partial charge >= 0.3 is 11.9 Å². The van der Waals surface area contributed by atoms with Gasteiger partial charge in [-0.2, -0.15) is 13.2 Å². The molecule has 238 valence electrons. The number of fused-ring (bicyclic) bond motifs is 1. The van der Waals surface area contributed by atoms with Crippen molar-refractivity contribution in [3.05, 3.63) is 69.9 Å². The van der Waals surface area contributed by atoms with Gasteiger partial charge in [-0.3, -0.25) is 13.9 Å². The van der Waals surface area contributed by atoms with Gasteiger partial charge in [0.25, 0.3) is 0 Å². The van der Waals surface area contributed by atoms with Gasteiger partial charge < -0.3 is 0 Å². The van der Waals surface area contributed by atoms with Crippen LogP contribution < -0.4 is 11.1 Å². The summed E-state index contributed by atoms with van der Waals surface area (Å²) in [5, 5.41) is 0. The number of aromatic nitrogens is 2. The van der Waals surface area contributed by atoms with Gasteiger partial charge in [-0.05, 0) is 87.2 Å². The number of nitrogens with zero attached hydrogens (tertiary/aromatic N) is 5. The maximum atomic E-state index is 14.3. The van der Waals surface area contributed by atoms with Crippen molar-refractivity contribution in [1.29, 1.82) is 0 Å². The van der Waals surface area contributed by atoms with E-state index in [0.29, 0.717) is 30.1 Å². The Morgan fingerprint density at radius 1 is 1.07 bits per heavy atom. The third-order valence-corrected chi connectivity index (χ3v) is 10.7. The second-order valence-electron chi connectivity index (χ2n) is 14.1. The van der Waals surface area contributed by atoms with E-state index in [1.807, 2.05) is 12.1 Å². The number of alkyl halides is 4. The van der Waals surface area contributed by atoms with Gasteiger partial charge in [0.15, 0.2) is 6.67 Å². The van der Waals surface area contributed by atoms with Crippen LogP contribution in [0.4, 0.5) is 17.6 Å². The molecular weight excluding hydrogens is 572 g/mol. The van der Waals surface area contributed by atoms with Gasteiger partial charge in [0.2, 0.25) is 0 Å². The van der Waals surface area contributed by atoms with E-state index in [9.17, 15) is 22.4 Å². The third kappa shape index (κ3) is 5.19. The summed E-state index contributed by atoms with van der Waals surface area (Å²) in [7, 11) is 2.20. The van der Waals surface area contributed by atoms with Crippen LogP contribution >= 0.6 is 0 Å². The first-order chi connectivity index (χ1) is 21.0. The molecule has 3 saturated heterocycles. The summed E-state index contributed by atoms with van der Waals surface area (Å²) >= 11 is 0. The highest BCUT2D eigenvalue weighted by atomic mass is 19.4. The molecule has 4 aliphatic rings. The standard InChI is InChI=1S/C33H43F4N6O/c1-23-16-32(17-23,30-38-43(22-39(30)2)12-5-3-4-6-13-43)25-8-7-9-27(15-25)41-21-29-28(33(35,36)37)14-24(19-42(29)31(41)44)18-40-11-10-26(34)20-40/h7-9,14-15,19,21,23,26,30,38H,3-6,10-13,16-18,20,22H2,1-2H3/q+1/t23?,26-,30?,32?/m0/s1. The number of halogens is 4. The topological polar surface area (TPSA) is 44.9 Å². The van der Waals surface area contributed by atoms with Crippen molar-refractivity contribution >= 4 is 5.52 Å². The molecule has 2 atom stereocenters. The number of rotatable bonds is 5. The Morgan fingerprint density at radius 2 is 1.82 bits per heavy atom. The smallest absolute Gasteiger partial charge is 0.296 e. The third-order valence-electron chi connectivity index (χ3n) is 10.7. The summed E-state index contributed by atoms with van der Waals surface area (Å²) in [6.45, 7) is 6.29. The molecule has 1 aliphatic carbocycles. The molecule has 1 N–H and O–H groups in total. The largest absolute Gasteiger partial charge is 0.418 e. The Kier molecular flexibility index (Phi) is 7.46. The average Bonchev–Trinajstić information content (AvgIpc) is 3.56. The number of quaternary nitrogens is 1. The minimum atomic E-state index is -4.65. The van der Waals surface area contributed by atoms with Crippen molar-refractivity contribution in [3.8, 4) is 5.69 Å². The number of pyridine rings is 1. The molecular formula is C33H43F4N6O+. The van der Waals surface area contributed by atoms with Gasteiger partial charge in [-0.1, -0.05) is 19.1 Å². The molecule has 7 rings (SSSR count). The summed E-state index contributed by atoms with van der Waals surface area (Å²) in [6.07, 6.45) is 4.65. The maximum absolute atomic E-state index is 14.3. The molecule has 4 fully saturated rings. The SMILES string of the molecule is CC1CC(c2cccc(-n3cc4c(C(F)(F)F)cc(CN5CC[C@H](F)C5)cn4c3=O)c2)(C2N[N+]3(CCCCCC3)CN2C)C1. The van der Waals surface area contributed by atoms with Crippen LogP contribution in [0.1, 0.15) is 68.6 Å². The first kappa shape index (κ1) is 30.0. The predicted molar refractivity (Wildman–Crippen MR) is 161 cm³/mol. The summed E-state index contributed by atoms with van der Waals surface area (Å²) in [4.78, 5) is 18.0. The molecule has 2 aromatic heterocycles. The lowest BCUT2D eigenvalue weighted by atomic mass is 9.57. The zero-order valence-corrected chi connectivity index (χ0v) is 25.6. The molecule has 0 amide bonds. The minimum absolute atomic E-state index is 0.130. The molecule has 0 radical (unpaired) electrons. The van der Waals surface area contributed by atoms with E-state index in [-0.39, 0.29) is 30.2 Å². The quantitative estimate of drug-likeness (QED) is 0.307. The molecule has 44 heavy (non-hydrogen) atoms. The maximum Gasteiger partial charge on any atom is 0.418 e. The van der Waals surface area contributed by atoms with Crippen LogP contribution in [-0.2, 0) is 18.1 Å². The number of likely N-dealkylation sites (N-methyl/N-ethyl adjacent to an activating group) is 1. The minimum Gasteiger partial charge on any atom is -0.296 e. The monoisotopic (exact) mass is 615 g/mol.